The normalized spacial score (nSPS) is 12.5. The lowest BCUT2D eigenvalue weighted by Gasteiger charge is -2.27. The maximum atomic E-state index is 13.2. The van der Waals surface area contributed by atoms with Crippen LogP contribution in [0.3, 0.4) is 0 Å². The van der Waals surface area contributed by atoms with Crippen molar-refractivity contribution in [2.75, 3.05) is 26.4 Å². The van der Waals surface area contributed by atoms with E-state index in [1.807, 2.05) is 0 Å². The van der Waals surface area contributed by atoms with Gasteiger partial charge in [-0.15, -0.1) is 0 Å². The van der Waals surface area contributed by atoms with Crippen molar-refractivity contribution in [3.8, 4) is 22.9 Å². The molecule has 0 aliphatic carbocycles. The standard InChI is InChI=1S/C27H35F7N2O3/c1-2-3-4-5-6-7-8-9-16-39-23-18-35-24(36-19-23)21-11-13-22(14-12-21)38-17-10-15-37-20-25(28,29)26(30,31)27(32,33)34/h11-14,18-19H,2-10,15-17,20H2,1H3. The van der Waals surface area contributed by atoms with Crippen LogP contribution >= 0.6 is 0 Å². The van der Waals surface area contributed by atoms with Crippen LogP contribution in [0.4, 0.5) is 30.7 Å². The van der Waals surface area contributed by atoms with Crippen molar-refractivity contribution in [2.24, 2.45) is 0 Å². The Kier molecular flexibility index (Phi) is 13.2. The molecule has 1 aromatic carbocycles. The van der Waals surface area contributed by atoms with Crippen LogP contribution in [0.15, 0.2) is 36.7 Å². The summed E-state index contributed by atoms with van der Waals surface area (Å²) in [6, 6.07) is 6.68. The molecule has 5 nitrogen and oxygen atoms in total. The first-order chi connectivity index (χ1) is 18.5. The predicted molar refractivity (Wildman–Crippen MR) is 132 cm³/mol. The van der Waals surface area contributed by atoms with E-state index < -0.39 is 31.2 Å². The second-order valence-corrected chi connectivity index (χ2v) is 9.12. The molecule has 0 fully saturated rings. The zero-order chi connectivity index (χ0) is 28.8. The minimum atomic E-state index is -6.37. The van der Waals surface area contributed by atoms with Gasteiger partial charge in [-0.3, -0.25) is 0 Å². The summed E-state index contributed by atoms with van der Waals surface area (Å²) in [4.78, 5) is 8.61. The number of alkyl halides is 7. The third kappa shape index (κ3) is 10.8. The highest BCUT2D eigenvalue weighted by atomic mass is 19.4. The van der Waals surface area contributed by atoms with Crippen molar-refractivity contribution in [3.05, 3.63) is 36.7 Å². The van der Waals surface area contributed by atoms with Crippen LogP contribution < -0.4 is 9.47 Å². The quantitative estimate of drug-likeness (QED) is 0.126. The van der Waals surface area contributed by atoms with E-state index in [1.165, 1.54) is 38.5 Å². The van der Waals surface area contributed by atoms with E-state index in [2.05, 4.69) is 21.6 Å². The summed E-state index contributed by atoms with van der Waals surface area (Å²) in [6.07, 6.45) is 6.55. The van der Waals surface area contributed by atoms with Gasteiger partial charge in [0.25, 0.3) is 0 Å². The van der Waals surface area contributed by atoms with Gasteiger partial charge < -0.3 is 14.2 Å². The zero-order valence-electron chi connectivity index (χ0n) is 21.9. The van der Waals surface area contributed by atoms with E-state index in [1.54, 1.807) is 36.7 Å². The van der Waals surface area contributed by atoms with Crippen LogP contribution in [-0.4, -0.2) is 54.4 Å². The number of hydrogen-bond acceptors (Lipinski definition) is 5. The molecule has 0 spiro atoms. The summed E-state index contributed by atoms with van der Waals surface area (Å²) in [5.74, 6) is -10.1. The molecular formula is C27H35F7N2O3. The molecule has 0 N–H and O–H groups in total. The second-order valence-electron chi connectivity index (χ2n) is 9.12. The lowest BCUT2D eigenvalue weighted by Crippen LogP contribution is -2.54. The Hall–Kier alpha value is -2.63. The second kappa shape index (κ2) is 15.8. The maximum Gasteiger partial charge on any atom is 0.459 e. The largest absolute Gasteiger partial charge is 0.494 e. The van der Waals surface area contributed by atoms with Gasteiger partial charge in [0, 0.05) is 12.0 Å². The smallest absolute Gasteiger partial charge is 0.459 e. The van der Waals surface area contributed by atoms with Crippen molar-refractivity contribution in [3.63, 3.8) is 0 Å². The topological polar surface area (TPSA) is 53.5 Å². The molecule has 1 aromatic heterocycles. The number of unbranched alkanes of at least 4 members (excludes halogenated alkanes) is 7. The summed E-state index contributed by atoms with van der Waals surface area (Å²) < 4.78 is 104. The zero-order valence-corrected chi connectivity index (χ0v) is 21.9. The van der Waals surface area contributed by atoms with Gasteiger partial charge in [-0.2, -0.15) is 30.7 Å². The third-order valence-corrected chi connectivity index (χ3v) is 5.81. The first-order valence-electron chi connectivity index (χ1n) is 13.1. The molecule has 0 saturated heterocycles. The lowest BCUT2D eigenvalue weighted by atomic mass is 10.1. The maximum absolute atomic E-state index is 13.2. The third-order valence-electron chi connectivity index (χ3n) is 5.81. The molecule has 12 heteroatoms. The van der Waals surface area contributed by atoms with Gasteiger partial charge in [-0.05, 0) is 30.7 Å². The van der Waals surface area contributed by atoms with Crippen molar-refractivity contribution in [2.45, 2.75) is 82.7 Å². The van der Waals surface area contributed by atoms with Crippen LogP contribution in [0.5, 0.6) is 11.5 Å². The molecule has 0 atom stereocenters. The van der Waals surface area contributed by atoms with Crippen LogP contribution in [0.25, 0.3) is 11.4 Å². The monoisotopic (exact) mass is 568 g/mol. The Labute approximate surface area is 224 Å². The average molecular weight is 569 g/mol. The highest BCUT2D eigenvalue weighted by Gasteiger charge is 2.72. The van der Waals surface area contributed by atoms with Crippen LogP contribution in [0.1, 0.15) is 64.7 Å². The van der Waals surface area contributed by atoms with Gasteiger partial charge in [-0.25, -0.2) is 9.97 Å². The Morgan fingerprint density at radius 1 is 0.641 bits per heavy atom. The number of nitrogens with zero attached hydrogens (tertiary/aromatic N) is 2. The molecule has 0 aliphatic rings. The molecule has 0 bridgehead atoms. The average Bonchev–Trinajstić information content (AvgIpc) is 2.89. The van der Waals surface area contributed by atoms with Crippen molar-refractivity contribution in [1.82, 2.24) is 9.97 Å². The van der Waals surface area contributed by atoms with Crippen LogP contribution in [-0.2, 0) is 4.74 Å². The van der Waals surface area contributed by atoms with E-state index in [0.29, 0.717) is 29.5 Å². The highest BCUT2D eigenvalue weighted by Crippen LogP contribution is 2.46. The molecule has 0 unspecified atom stereocenters. The van der Waals surface area contributed by atoms with Gasteiger partial charge in [0.1, 0.15) is 12.4 Å². The van der Waals surface area contributed by atoms with Crippen LogP contribution in [0, 0.1) is 0 Å². The Bertz CT molecular complexity index is 940. The van der Waals surface area contributed by atoms with E-state index >= 15 is 0 Å². The fourth-order valence-corrected chi connectivity index (χ4v) is 3.52. The van der Waals surface area contributed by atoms with Gasteiger partial charge in [0.15, 0.2) is 11.6 Å². The fourth-order valence-electron chi connectivity index (χ4n) is 3.52. The first kappa shape index (κ1) is 32.6. The molecule has 2 rings (SSSR count). The van der Waals surface area contributed by atoms with Crippen LogP contribution in [0.2, 0.25) is 0 Å². The molecule has 0 amide bonds. The molecular weight excluding hydrogens is 533 g/mol. The number of halogens is 7. The number of hydrogen-bond donors (Lipinski definition) is 0. The molecule has 39 heavy (non-hydrogen) atoms. The van der Waals surface area contributed by atoms with E-state index in [0.717, 1.165) is 12.8 Å². The number of ether oxygens (including phenoxy) is 3. The van der Waals surface area contributed by atoms with Crippen molar-refractivity contribution in [1.29, 1.82) is 0 Å². The molecule has 2 aromatic rings. The van der Waals surface area contributed by atoms with Gasteiger partial charge in [0.05, 0.1) is 32.2 Å². The van der Waals surface area contributed by atoms with E-state index in [4.69, 9.17) is 9.47 Å². The molecule has 0 radical (unpaired) electrons. The highest BCUT2D eigenvalue weighted by molar-refractivity contribution is 5.56. The summed E-state index contributed by atoms with van der Waals surface area (Å²) in [7, 11) is 0. The molecule has 220 valence electrons. The minimum Gasteiger partial charge on any atom is -0.494 e. The van der Waals surface area contributed by atoms with Gasteiger partial charge >= 0.3 is 18.0 Å². The minimum absolute atomic E-state index is 0.00104. The van der Waals surface area contributed by atoms with Gasteiger partial charge in [0.2, 0.25) is 0 Å². The number of benzene rings is 1. The summed E-state index contributed by atoms with van der Waals surface area (Å²) >= 11 is 0. The summed E-state index contributed by atoms with van der Waals surface area (Å²) in [6.45, 7) is 0.247. The summed E-state index contributed by atoms with van der Waals surface area (Å²) in [5.41, 5.74) is 0.716. The van der Waals surface area contributed by atoms with E-state index in [-0.39, 0.29) is 13.0 Å². The first-order valence-corrected chi connectivity index (χ1v) is 13.1. The van der Waals surface area contributed by atoms with E-state index in [9.17, 15) is 30.7 Å². The van der Waals surface area contributed by atoms with Gasteiger partial charge in [-0.1, -0.05) is 51.9 Å². The van der Waals surface area contributed by atoms with Crippen molar-refractivity contribution < 1.29 is 44.9 Å². The SMILES string of the molecule is CCCCCCCCCCOc1cnc(-c2ccc(OCCCOCC(F)(F)C(F)(F)C(F)(F)F)cc2)nc1. The molecule has 0 aliphatic heterocycles. The molecule has 0 saturated carbocycles. The number of aromatic nitrogens is 2. The Balaban J connectivity index is 1.64. The summed E-state index contributed by atoms with van der Waals surface area (Å²) in [5, 5.41) is 0. The lowest BCUT2D eigenvalue weighted by molar-refractivity contribution is -0.361. The Morgan fingerprint density at radius 2 is 1.18 bits per heavy atom. The number of rotatable bonds is 19. The Morgan fingerprint density at radius 3 is 1.77 bits per heavy atom. The predicted octanol–water partition coefficient (Wildman–Crippen LogP) is 8.28. The van der Waals surface area contributed by atoms with Crippen molar-refractivity contribution >= 4 is 0 Å². The molecule has 1 heterocycles. The fraction of sp³-hybridized carbons (Fsp3) is 0.630.